The van der Waals surface area contributed by atoms with Gasteiger partial charge in [-0.3, -0.25) is 4.79 Å². The summed E-state index contributed by atoms with van der Waals surface area (Å²) < 4.78 is 25.9. The van der Waals surface area contributed by atoms with Gasteiger partial charge in [0.05, 0.1) is 10.5 Å². The van der Waals surface area contributed by atoms with Gasteiger partial charge in [-0.25, -0.2) is 13.1 Å². The SMILES string of the molecule is CCNS(=O)(=O)c1ccc(C(=O)NCC(C)(O)CC)cc1. The Hall–Kier alpha value is -1.44. The minimum atomic E-state index is -3.51. The summed E-state index contributed by atoms with van der Waals surface area (Å²) in [7, 11) is -3.51. The number of carbonyl (C=O) groups is 1. The molecule has 0 heterocycles. The van der Waals surface area contributed by atoms with E-state index in [1.165, 1.54) is 24.3 Å². The zero-order valence-corrected chi connectivity index (χ0v) is 13.3. The summed E-state index contributed by atoms with van der Waals surface area (Å²) in [5, 5.41) is 12.4. The zero-order chi connectivity index (χ0) is 16.1. The maximum absolute atomic E-state index is 11.9. The minimum Gasteiger partial charge on any atom is -0.388 e. The molecule has 0 bridgehead atoms. The Bertz CT molecular complexity index is 579. The monoisotopic (exact) mass is 314 g/mol. The lowest BCUT2D eigenvalue weighted by Gasteiger charge is -2.21. The number of nitrogens with one attached hydrogen (secondary N) is 2. The summed E-state index contributed by atoms with van der Waals surface area (Å²) in [6.07, 6.45) is 0.521. The second kappa shape index (κ2) is 7.02. The van der Waals surface area contributed by atoms with Crippen LogP contribution in [0.1, 0.15) is 37.6 Å². The molecule has 0 saturated heterocycles. The van der Waals surface area contributed by atoms with Crippen molar-refractivity contribution < 1.29 is 18.3 Å². The van der Waals surface area contributed by atoms with Gasteiger partial charge in [-0.2, -0.15) is 0 Å². The van der Waals surface area contributed by atoms with Crippen molar-refractivity contribution in [3.05, 3.63) is 29.8 Å². The van der Waals surface area contributed by atoms with Crippen molar-refractivity contribution >= 4 is 15.9 Å². The highest BCUT2D eigenvalue weighted by Gasteiger charge is 2.19. The van der Waals surface area contributed by atoms with Gasteiger partial charge in [-0.15, -0.1) is 0 Å². The Morgan fingerprint density at radius 3 is 2.29 bits per heavy atom. The Balaban J connectivity index is 2.77. The van der Waals surface area contributed by atoms with Gasteiger partial charge in [0.1, 0.15) is 0 Å². The van der Waals surface area contributed by atoms with Gasteiger partial charge >= 0.3 is 0 Å². The maximum Gasteiger partial charge on any atom is 0.251 e. The molecular weight excluding hydrogens is 292 g/mol. The summed E-state index contributed by atoms with van der Waals surface area (Å²) in [5.41, 5.74) is -0.610. The Morgan fingerprint density at radius 1 is 1.24 bits per heavy atom. The Morgan fingerprint density at radius 2 is 1.81 bits per heavy atom. The zero-order valence-electron chi connectivity index (χ0n) is 12.5. The largest absolute Gasteiger partial charge is 0.388 e. The third kappa shape index (κ3) is 5.11. The number of carbonyl (C=O) groups excluding carboxylic acids is 1. The molecule has 118 valence electrons. The first-order valence-corrected chi connectivity index (χ1v) is 8.30. The van der Waals surface area contributed by atoms with Crippen LogP contribution in [0, 0.1) is 0 Å². The second-order valence-corrected chi connectivity index (χ2v) is 6.83. The predicted molar refractivity (Wildman–Crippen MR) is 80.6 cm³/mol. The molecule has 0 aliphatic heterocycles. The first-order chi connectivity index (χ1) is 9.72. The molecule has 0 fully saturated rings. The molecule has 1 unspecified atom stereocenters. The molecular formula is C14H22N2O4S. The molecule has 6 nitrogen and oxygen atoms in total. The number of benzene rings is 1. The average Bonchev–Trinajstić information content (AvgIpc) is 2.45. The summed E-state index contributed by atoms with van der Waals surface area (Å²) in [5.74, 6) is -0.351. The van der Waals surface area contributed by atoms with E-state index in [0.717, 1.165) is 0 Å². The molecule has 0 saturated carbocycles. The molecule has 0 aliphatic rings. The predicted octanol–water partition coefficient (Wildman–Crippen LogP) is 0.876. The molecule has 1 aromatic rings. The number of hydrogen-bond donors (Lipinski definition) is 3. The lowest BCUT2D eigenvalue weighted by atomic mass is 10.0. The van der Waals surface area contributed by atoms with Crippen molar-refractivity contribution in [3.63, 3.8) is 0 Å². The van der Waals surface area contributed by atoms with E-state index >= 15 is 0 Å². The first-order valence-electron chi connectivity index (χ1n) is 6.82. The van der Waals surface area contributed by atoms with Crippen molar-refractivity contribution in [3.8, 4) is 0 Å². The second-order valence-electron chi connectivity index (χ2n) is 5.06. The third-order valence-corrected chi connectivity index (χ3v) is 4.71. The standard InChI is InChI=1S/C14H22N2O4S/c1-4-14(3,18)10-15-13(17)11-6-8-12(9-7-11)21(19,20)16-5-2/h6-9,16,18H,4-5,10H2,1-3H3,(H,15,17). The van der Waals surface area contributed by atoms with Crippen molar-refractivity contribution in [2.45, 2.75) is 37.7 Å². The summed E-state index contributed by atoms with van der Waals surface area (Å²) in [4.78, 5) is 12.0. The molecule has 1 rings (SSSR count). The van der Waals surface area contributed by atoms with E-state index in [2.05, 4.69) is 10.0 Å². The lowest BCUT2D eigenvalue weighted by Crippen LogP contribution is -2.40. The van der Waals surface area contributed by atoms with Crippen LogP contribution in [0.5, 0.6) is 0 Å². The molecule has 0 spiro atoms. The van der Waals surface area contributed by atoms with Crippen LogP contribution in [0.4, 0.5) is 0 Å². The van der Waals surface area contributed by atoms with E-state index in [9.17, 15) is 18.3 Å². The number of hydrogen-bond acceptors (Lipinski definition) is 4. The lowest BCUT2D eigenvalue weighted by molar-refractivity contribution is 0.0518. The summed E-state index contributed by atoms with van der Waals surface area (Å²) >= 11 is 0. The minimum absolute atomic E-state index is 0.112. The number of rotatable bonds is 7. The smallest absolute Gasteiger partial charge is 0.251 e. The topological polar surface area (TPSA) is 95.5 Å². The molecule has 0 radical (unpaired) electrons. The molecule has 0 aromatic heterocycles. The van der Waals surface area contributed by atoms with Crippen LogP contribution in [-0.4, -0.2) is 38.1 Å². The molecule has 0 aliphatic carbocycles. The van der Waals surface area contributed by atoms with E-state index in [1.54, 1.807) is 13.8 Å². The first kappa shape index (κ1) is 17.6. The molecule has 3 N–H and O–H groups in total. The maximum atomic E-state index is 11.9. The van der Waals surface area contributed by atoms with Crippen LogP contribution in [0.3, 0.4) is 0 Å². The van der Waals surface area contributed by atoms with Gasteiger partial charge < -0.3 is 10.4 Å². The van der Waals surface area contributed by atoms with Crippen molar-refractivity contribution in [1.29, 1.82) is 0 Å². The van der Waals surface area contributed by atoms with Crippen LogP contribution in [-0.2, 0) is 10.0 Å². The highest BCUT2D eigenvalue weighted by Crippen LogP contribution is 2.11. The Kier molecular flexibility index (Phi) is 5.88. The van der Waals surface area contributed by atoms with Crippen LogP contribution in [0.15, 0.2) is 29.2 Å². The fraction of sp³-hybridized carbons (Fsp3) is 0.500. The van der Waals surface area contributed by atoms with E-state index in [-0.39, 0.29) is 17.3 Å². The molecule has 1 atom stereocenters. The van der Waals surface area contributed by atoms with Gasteiger partial charge in [0.15, 0.2) is 0 Å². The van der Waals surface area contributed by atoms with E-state index < -0.39 is 15.6 Å². The fourth-order valence-electron chi connectivity index (χ4n) is 1.56. The van der Waals surface area contributed by atoms with Crippen LogP contribution >= 0.6 is 0 Å². The van der Waals surface area contributed by atoms with Crippen molar-refractivity contribution in [2.75, 3.05) is 13.1 Å². The number of sulfonamides is 1. The van der Waals surface area contributed by atoms with Crippen molar-refractivity contribution in [1.82, 2.24) is 10.0 Å². The summed E-state index contributed by atoms with van der Waals surface area (Å²) in [6, 6.07) is 5.65. The molecule has 7 heteroatoms. The Labute approximate surface area is 125 Å². The van der Waals surface area contributed by atoms with Gasteiger partial charge in [0.25, 0.3) is 5.91 Å². The normalized spacial score (nSPS) is 14.5. The van der Waals surface area contributed by atoms with E-state index in [1.807, 2.05) is 6.92 Å². The molecule has 1 aromatic carbocycles. The highest BCUT2D eigenvalue weighted by atomic mass is 32.2. The van der Waals surface area contributed by atoms with Crippen molar-refractivity contribution in [2.24, 2.45) is 0 Å². The quantitative estimate of drug-likeness (QED) is 0.696. The fourth-order valence-corrected chi connectivity index (χ4v) is 2.60. The van der Waals surface area contributed by atoms with Crippen LogP contribution in [0.2, 0.25) is 0 Å². The molecule has 1 amide bonds. The average molecular weight is 314 g/mol. The van der Waals surface area contributed by atoms with Crippen LogP contribution in [0.25, 0.3) is 0 Å². The third-order valence-electron chi connectivity index (χ3n) is 3.15. The highest BCUT2D eigenvalue weighted by molar-refractivity contribution is 7.89. The van der Waals surface area contributed by atoms with Crippen LogP contribution < -0.4 is 10.0 Å². The number of aliphatic hydroxyl groups is 1. The van der Waals surface area contributed by atoms with Gasteiger partial charge in [-0.1, -0.05) is 13.8 Å². The summed E-state index contributed by atoms with van der Waals surface area (Å²) in [6.45, 7) is 5.60. The van der Waals surface area contributed by atoms with E-state index in [0.29, 0.717) is 18.5 Å². The van der Waals surface area contributed by atoms with Gasteiger partial charge in [-0.05, 0) is 37.6 Å². The van der Waals surface area contributed by atoms with Gasteiger partial charge in [0, 0.05) is 18.7 Å². The molecule has 21 heavy (non-hydrogen) atoms. The van der Waals surface area contributed by atoms with Gasteiger partial charge in [0.2, 0.25) is 10.0 Å². The van der Waals surface area contributed by atoms with E-state index in [4.69, 9.17) is 0 Å². The number of amides is 1.